The molecule has 0 bridgehead atoms. The van der Waals surface area contributed by atoms with Crippen LogP contribution in [0.4, 0.5) is 0 Å². The molecule has 3 rings (SSSR count). The van der Waals surface area contributed by atoms with Crippen LogP contribution >= 0.6 is 0 Å². The van der Waals surface area contributed by atoms with E-state index in [0.717, 1.165) is 11.1 Å². The largest absolute Gasteiger partial charge is 0.378 e. The quantitative estimate of drug-likeness (QED) is 0.382. The summed E-state index contributed by atoms with van der Waals surface area (Å²) in [4.78, 5) is 37.5. The van der Waals surface area contributed by atoms with Crippen molar-refractivity contribution in [3.8, 4) is 11.8 Å². The van der Waals surface area contributed by atoms with Crippen LogP contribution in [0.15, 0.2) is 18.2 Å². The van der Waals surface area contributed by atoms with Crippen molar-refractivity contribution in [3.05, 3.63) is 34.9 Å². The highest BCUT2D eigenvalue weighted by Gasteiger charge is 2.38. The Kier molecular flexibility index (Phi) is 6.76. The highest BCUT2D eigenvalue weighted by atomic mass is 16.5. The van der Waals surface area contributed by atoms with Crippen molar-refractivity contribution in [3.63, 3.8) is 0 Å². The number of rotatable bonds is 7. The molecule has 1 unspecified atom stereocenters. The fourth-order valence-electron chi connectivity index (χ4n) is 3.22. The second-order valence-electron chi connectivity index (χ2n) is 6.53. The first-order chi connectivity index (χ1) is 13.6. The van der Waals surface area contributed by atoms with E-state index < -0.39 is 11.9 Å². The van der Waals surface area contributed by atoms with Crippen molar-refractivity contribution in [2.45, 2.75) is 25.4 Å². The molecule has 8 nitrogen and oxygen atoms in total. The van der Waals surface area contributed by atoms with Crippen molar-refractivity contribution in [1.29, 1.82) is 0 Å². The number of benzene rings is 1. The molecular formula is C20H23N3O5. The minimum Gasteiger partial charge on any atom is -0.378 e. The van der Waals surface area contributed by atoms with Gasteiger partial charge in [-0.15, -0.1) is 0 Å². The third-order valence-corrected chi connectivity index (χ3v) is 4.56. The highest BCUT2D eigenvalue weighted by molar-refractivity contribution is 6.05. The highest BCUT2D eigenvalue weighted by Crippen LogP contribution is 2.28. The Morgan fingerprint density at radius 3 is 2.79 bits per heavy atom. The number of carbonyl (C=O) groups is 3. The van der Waals surface area contributed by atoms with Crippen LogP contribution in [0.3, 0.4) is 0 Å². The van der Waals surface area contributed by atoms with E-state index in [4.69, 9.17) is 15.2 Å². The molecule has 148 valence electrons. The molecule has 3 N–H and O–H groups in total. The van der Waals surface area contributed by atoms with Crippen molar-refractivity contribution in [1.82, 2.24) is 10.2 Å². The Morgan fingerprint density at radius 1 is 1.18 bits per heavy atom. The van der Waals surface area contributed by atoms with Gasteiger partial charge in [0.15, 0.2) is 0 Å². The SMILES string of the molecule is NCCOCCOCC#Cc1ccc2c(c1)CN(C1CCC(=O)NC1=O)C2=O. The zero-order chi connectivity index (χ0) is 19.9. The fraction of sp³-hybridized carbons (Fsp3) is 0.450. The monoisotopic (exact) mass is 385 g/mol. The molecule has 1 fully saturated rings. The molecule has 1 aromatic carbocycles. The molecule has 1 saturated heterocycles. The molecule has 1 atom stereocenters. The van der Waals surface area contributed by atoms with Crippen LogP contribution in [0.1, 0.15) is 34.3 Å². The van der Waals surface area contributed by atoms with E-state index in [2.05, 4.69) is 17.2 Å². The standard InChI is InChI=1S/C20H23N3O5/c21-7-9-28-11-10-27-8-1-2-14-3-4-16-15(12-14)13-23(20(16)26)17-5-6-18(24)22-19(17)25/h3-4,12,17H,5-11,13,21H2,(H,22,24,25). The molecule has 2 heterocycles. The second-order valence-corrected chi connectivity index (χ2v) is 6.53. The zero-order valence-corrected chi connectivity index (χ0v) is 15.5. The molecule has 0 aliphatic carbocycles. The molecule has 0 saturated carbocycles. The molecule has 8 heteroatoms. The van der Waals surface area contributed by atoms with E-state index >= 15 is 0 Å². The number of imide groups is 1. The molecule has 0 spiro atoms. The van der Waals surface area contributed by atoms with Gasteiger partial charge in [-0.2, -0.15) is 0 Å². The maximum atomic E-state index is 12.6. The molecular weight excluding hydrogens is 362 g/mol. The van der Waals surface area contributed by atoms with Gasteiger partial charge in [0.05, 0.1) is 19.8 Å². The number of carbonyl (C=O) groups excluding carboxylic acids is 3. The Hall–Kier alpha value is -2.73. The Morgan fingerprint density at radius 2 is 2.00 bits per heavy atom. The van der Waals surface area contributed by atoms with E-state index in [0.29, 0.717) is 44.9 Å². The summed E-state index contributed by atoms with van der Waals surface area (Å²) >= 11 is 0. The number of hydrogen-bond acceptors (Lipinski definition) is 6. The maximum Gasteiger partial charge on any atom is 0.255 e. The summed E-state index contributed by atoms with van der Waals surface area (Å²) in [6.07, 6.45) is 0.591. The van der Waals surface area contributed by atoms with Gasteiger partial charge in [-0.1, -0.05) is 11.8 Å². The van der Waals surface area contributed by atoms with Gasteiger partial charge in [0.1, 0.15) is 12.6 Å². The zero-order valence-electron chi connectivity index (χ0n) is 15.5. The molecule has 2 aliphatic rings. The minimum atomic E-state index is -0.609. The minimum absolute atomic E-state index is 0.190. The fourth-order valence-corrected chi connectivity index (χ4v) is 3.22. The number of fused-ring (bicyclic) bond motifs is 1. The lowest BCUT2D eigenvalue weighted by Crippen LogP contribution is -2.52. The van der Waals surface area contributed by atoms with Crippen LogP contribution in [-0.4, -0.2) is 61.6 Å². The van der Waals surface area contributed by atoms with Gasteiger partial charge in [-0.3, -0.25) is 19.7 Å². The van der Waals surface area contributed by atoms with Gasteiger partial charge in [0.25, 0.3) is 5.91 Å². The van der Waals surface area contributed by atoms with Crippen molar-refractivity contribution in [2.24, 2.45) is 5.73 Å². The lowest BCUT2D eigenvalue weighted by Gasteiger charge is -2.29. The van der Waals surface area contributed by atoms with Gasteiger partial charge < -0.3 is 20.1 Å². The van der Waals surface area contributed by atoms with E-state index in [-0.39, 0.29) is 24.8 Å². The molecule has 0 radical (unpaired) electrons. The number of nitrogens with one attached hydrogen (secondary N) is 1. The van der Waals surface area contributed by atoms with Crippen molar-refractivity contribution < 1.29 is 23.9 Å². The summed E-state index contributed by atoms with van der Waals surface area (Å²) in [5.74, 6) is 5.04. The Bertz CT molecular complexity index is 827. The average Bonchev–Trinajstić information content (AvgIpc) is 3.00. The molecule has 2 aliphatic heterocycles. The van der Waals surface area contributed by atoms with Crippen molar-refractivity contribution in [2.75, 3.05) is 33.0 Å². The van der Waals surface area contributed by atoms with Crippen LogP contribution < -0.4 is 11.1 Å². The summed E-state index contributed by atoms with van der Waals surface area (Å²) in [5, 5.41) is 2.30. The number of amides is 3. The van der Waals surface area contributed by atoms with Gasteiger partial charge in [0.2, 0.25) is 11.8 Å². The number of nitrogens with two attached hydrogens (primary N) is 1. The maximum absolute atomic E-state index is 12.6. The number of hydrogen-bond donors (Lipinski definition) is 2. The number of piperidine rings is 1. The van der Waals surface area contributed by atoms with Crippen molar-refractivity contribution >= 4 is 17.7 Å². The van der Waals surface area contributed by atoms with Crippen LogP contribution in [0.25, 0.3) is 0 Å². The van der Waals surface area contributed by atoms with Crippen LogP contribution in [0.5, 0.6) is 0 Å². The molecule has 0 aromatic heterocycles. The van der Waals surface area contributed by atoms with Gasteiger partial charge in [0, 0.05) is 30.6 Å². The predicted octanol–water partition coefficient (Wildman–Crippen LogP) is -0.209. The summed E-state index contributed by atoms with van der Waals surface area (Å²) in [5.41, 5.74) is 7.50. The van der Waals surface area contributed by atoms with E-state index in [1.54, 1.807) is 12.1 Å². The summed E-state index contributed by atoms with van der Waals surface area (Å²) in [6, 6.07) is 4.76. The summed E-state index contributed by atoms with van der Waals surface area (Å²) in [6.45, 7) is 2.56. The van der Waals surface area contributed by atoms with Gasteiger partial charge >= 0.3 is 0 Å². The van der Waals surface area contributed by atoms with E-state index in [1.807, 2.05) is 6.07 Å². The smallest absolute Gasteiger partial charge is 0.255 e. The first-order valence-electron chi connectivity index (χ1n) is 9.22. The normalized spacial score (nSPS) is 18.5. The van der Waals surface area contributed by atoms with Crippen LogP contribution in [-0.2, 0) is 25.6 Å². The first-order valence-corrected chi connectivity index (χ1v) is 9.22. The second kappa shape index (κ2) is 9.46. The van der Waals surface area contributed by atoms with E-state index in [9.17, 15) is 14.4 Å². The summed E-state index contributed by atoms with van der Waals surface area (Å²) < 4.78 is 10.6. The predicted molar refractivity (Wildman–Crippen MR) is 100 cm³/mol. The topological polar surface area (TPSA) is 111 Å². The first kappa shape index (κ1) is 20.0. The molecule has 3 amide bonds. The lowest BCUT2D eigenvalue weighted by molar-refractivity contribution is -0.136. The van der Waals surface area contributed by atoms with Gasteiger partial charge in [-0.05, 0) is 30.2 Å². The van der Waals surface area contributed by atoms with Crippen LogP contribution in [0, 0.1) is 11.8 Å². The average molecular weight is 385 g/mol. The number of nitrogens with zero attached hydrogens (tertiary/aromatic N) is 1. The Labute approximate surface area is 163 Å². The summed E-state index contributed by atoms with van der Waals surface area (Å²) in [7, 11) is 0. The third kappa shape index (κ3) is 4.75. The number of ether oxygens (including phenoxy) is 2. The molecule has 1 aromatic rings. The van der Waals surface area contributed by atoms with Gasteiger partial charge in [-0.25, -0.2) is 0 Å². The third-order valence-electron chi connectivity index (χ3n) is 4.56. The van der Waals surface area contributed by atoms with E-state index in [1.165, 1.54) is 4.90 Å². The lowest BCUT2D eigenvalue weighted by atomic mass is 10.0. The van der Waals surface area contributed by atoms with Crippen LogP contribution in [0.2, 0.25) is 0 Å². The molecule has 28 heavy (non-hydrogen) atoms. The Balaban J connectivity index is 1.56.